The molecule has 1 aromatic carbocycles. The molecule has 0 radical (unpaired) electrons. The van der Waals surface area contributed by atoms with Crippen molar-refractivity contribution in [2.45, 2.75) is 26.3 Å². The first-order chi connectivity index (χ1) is 12.6. The molecule has 0 saturated carbocycles. The van der Waals surface area contributed by atoms with E-state index in [1.807, 2.05) is 25.1 Å². The van der Waals surface area contributed by atoms with Crippen molar-refractivity contribution in [1.82, 2.24) is 20.5 Å². The Morgan fingerprint density at radius 3 is 3.07 bits per heavy atom. The third-order valence-electron chi connectivity index (χ3n) is 4.46. The molecule has 0 bridgehead atoms. The summed E-state index contributed by atoms with van der Waals surface area (Å²) < 4.78 is 0. The van der Waals surface area contributed by atoms with E-state index in [0.717, 1.165) is 46.1 Å². The molecular formula is C18H19Cl2N5OS. The summed E-state index contributed by atoms with van der Waals surface area (Å²) in [5.41, 5.74) is 4.77. The Hall–Kier alpha value is -1.93. The lowest BCUT2D eigenvalue weighted by molar-refractivity contribution is 0.102. The molecule has 0 saturated heterocycles. The van der Waals surface area contributed by atoms with Gasteiger partial charge in [-0.1, -0.05) is 17.7 Å². The molecule has 4 rings (SSSR count). The number of aromatic amines is 1. The fourth-order valence-electron chi connectivity index (χ4n) is 3.06. The normalized spacial score (nSPS) is 13.0. The van der Waals surface area contributed by atoms with Gasteiger partial charge in [-0.05, 0) is 30.2 Å². The number of aryl methyl sites for hydroxylation is 1. The van der Waals surface area contributed by atoms with Gasteiger partial charge in [0.1, 0.15) is 0 Å². The maximum atomic E-state index is 12.5. The fraction of sp³-hybridized carbons (Fsp3) is 0.278. The smallest absolute Gasteiger partial charge is 0.278 e. The number of fused-ring (bicyclic) bond motifs is 1. The predicted octanol–water partition coefficient (Wildman–Crippen LogP) is 3.74. The van der Waals surface area contributed by atoms with E-state index in [4.69, 9.17) is 11.6 Å². The van der Waals surface area contributed by atoms with E-state index in [1.54, 1.807) is 6.20 Å². The van der Waals surface area contributed by atoms with Crippen LogP contribution in [-0.4, -0.2) is 27.6 Å². The molecule has 0 atom stereocenters. The zero-order chi connectivity index (χ0) is 18.1. The van der Waals surface area contributed by atoms with Gasteiger partial charge in [0.2, 0.25) is 0 Å². The molecule has 3 heterocycles. The molecule has 0 fully saturated rings. The zero-order valence-electron chi connectivity index (χ0n) is 14.6. The SMILES string of the molecule is Cc1cc(Cl)ccc1Cc1cnc(NC(=O)c2n[nH]c3c2CNCC3)s1.Cl. The lowest BCUT2D eigenvalue weighted by Crippen LogP contribution is -2.25. The summed E-state index contributed by atoms with van der Waals surface area (Å²) in [6.07, 6.45) is 3.42. The van der Waals surface area contributed by atoms with Crippen LogP contribution in [0.25, 0.3) is 0 Å². The van der Waals surface area contributed by atoms with Crippen LogP contribution in [0.2, 0.25) is 5.02 Å². The number of amides is 1. The van der Waals surface area contributed by atoms with E-state index >= 15 is 0 Å². The van der Waals surface area contributed by atoms with Gasteiger partial charge in [0.05, 0.1) is 0 Å². The Balaban J connectivity index is 0.00000210. The molecule has 2 aromatic heterocycles. The number of carbonyl (C=O) groups is 1. The molecule has 0 aliphatic carbocycles. The standard InChI is InChI=1S/C18H18ClN5OS.ClH/c1-10-6-12(19)3-2-11(10)7-13-8-21-18(26-13)22-17(25)16-14-9-20-5-4-15(14)23-24-16;/h2-3,6,8,20H,4-5,7,9H2,1H3,(H,23,24)(H,21,22,25);1H. The molecule has 27 heavy (non-hydrogen) atoms. The van der Waals surface area contributed by atoms with Crippen molar-refractivity contribution in [1.29, 1.82) is 0 Å². The van der Waals surface area contributed by atoms with Crippen LogP contribution < -0.4 is 10.6 Å². The number of hydrogen-bond acceptors (Lipinski definition) is 5. The number of anilines is 1. The number of H-pyrrole nitrogens is 1. The predicted molar refractivity (Wildman–Crippen MR) is 110 cm³/mol. The molecular weight excluding hydrogens is 405 g/mol. The first kappa shape index (κ1) is 19.8. The summed E-state index contributed by atoms with van der Waals surface area (Å²) in [5.74, 6) is -0.227. The molecule has 3 N–H and O–H groups in total. The topological polar surface area (TPSA) is 82.7 Å². The summed E-state index contributed by atoms with van der Waals surface area (Å²) in [5, 5.41) is 14.6. The maximum absolute atomic E-state index is 12.5. The van der Waals surface area contributed by atoms with E-state index < -0.39 is 0 Å². The van der Waals surface area contributed by atoms with Crippen LogP contribution in [0.1, 0.15) is 37.7 Å². The van der Waals surface area contributed by atoms with Gasteiger partial charge in [-0.15, -0.1) is 23.7 Å². The van der Waals surface area contributed by atoms with Gasteiger partial charge in [-0.25, -0.2) is 4.98 Å². The average Bonchev–Trinajstić information content (AvgIpc) is 3.24. The highest BCUT2D eigenvalue weighted by molar-refractivity contribution is 7.15. The van der Waals surface area contributed by atoms with Gasteiger partial charge in [-0.3, -0.25) is 15.2 Å². The monoisotopic (exact) mass is 423 g/mol. The van der Waals surface area contributed by atoms with Crippen molar-refractivity contribution in [2.75, 3.05) is 11.9 Å². The molecule has 6 nitrogen and oxygen atoms in total. The van der Waals surface area contributed by atoms with E-state index in [-0.39, 0.29) is 18.3 Å². The number of nitrogens with one attached hydrogen (secondary N) is 3. The van der Waals surface area contributed by atoms with Gasteiger partial charge < -0.3 is 5.32 Å². The number of thiazole rings is 1. The highest BCUT2D eigenvalue weighted by Crippen LogP contribution is 2.25. The quantitative estimate of drug-likeness (QED) is 0.596. The van der Waals surface area contributed by atoms with Gasteiger partial charge in [-0.2, -0.15) is 5.10 Å². The highest BCUT2D eigenvalue weighted by atomic mass is 35.5. The molecule has 0 unspecified atom stereocenters. The number of aromatic nitrogens is 3. The van der Waals surface area contributed by atoms with E-state index in [0.29, 0.717) is 17.4 Å². The minimum atomic E-state index is -0.227. The summed E-state index contributed by atoms with van der Waals surface area (Å²) in [6, 6.07) is 5.87. The second kappa shape index (κ2) is 8.39. The second-order valence-electron chi connectivity index (χ2n) is 6.29. The summed E-state index contributed by atoms with van der Waals surface area (Å²) >= 11 is 7.48. The summed E-state index contributed by atoms with van der Waals surface area (Å²) in [7, 11) is 0. The van der Waals surface area contributed by atoms with E-state index in [9.17, 15) is 4.79 Å². The Morgan fingerprint density at radius 2 is 2.26 bits per heavy atom. The van der Waals surface area contributed by atoms with Crippen LogP contribution in [0.3, 0.4) is 0 Å². The minimum Gasteiger partial charge on any atom is -0.312 e. The summed E-state index contributed by atoms with van der Waals surface area (Å²) in [4.78, 5) is 17.9. The van der Waals surface area contributed by atoms with Crippen LogP contribution in [0.5, 0.6) is 0 Å². The minimum absolute atomic E-state index is 0. The maximum Gasteiger partial charge on any atom is 0.278 e. The lowest BCUT2D eigenvalue weighted by Gasteiger charge is -2.12. The molecule has 0 spiro atoms. The molecule has 3 aromatic rings. The van der Waals surface area contributed by atoms with Crippen molar-refractivity contribution >= 4 is 46.4 Å². The Bertz CT molecular complexity index is 969. The Kier molecular flexibility index (Phi) is 6.16. The number of nitrogens with zero attached hydrogens (tertiary/aromatic N) is 2. The van der Waals surface area contributed by atoms with Crippen molar-refractivity contribution in [3.63, 3.8) is 0 Å². The van der Waals surface area contributed by atoms with Gasteiger partial charge in [0, 0.05) is 53.3 Å². The van der Waals surface area contributed by atoms with Gasteiger partial charge in [0.25, 0.3) is 5.91 Å². The van der Waals surface area contributed by atoms with Crippen LogP contribution in [0.15, 0.2) is 24.4 Å². The first-order valence-corrected chi connectivity index (χ1v) is 9.57. The number of carbonyl (C=O) groups excluding carboxylic acids is 1. The third kappa shape index (κ3) is 4.32. The molecule has 1 amide bonds. The number of hydrogen-bond donors (Lipinski definition) is 3. The molecule has 142 valence electrons. The second-order valence-corrected chi connectivity index (χ2v) is 7.84. The van der Waals surface area contributed by atoms with Crippen LogP contribution in [-0.2, 0) is 19.4 Å². The van der Waals surface area contributed by atoms with Crippen LogP contribution in [0, 0.1) is 6.92 Å². The number of benzene rings is 1. The van der Waals surface area contributed by atoms with Crippen molar-refractivity contribution in [3.8, 4) is 0 Å². The highest BCUT2D eigenvalue weighted by Gasteiger charge is 2.22. The van der Waals surface area contributed by atoms with Crippen molar-refractivity contribution in [3.05, 3.63) is 62.4 Å². The summed E-state index contributed by atoms with van der Waals surface area (Å²) in [6.45, 7) is 3.60. The number of rotatable bonds is 4. The van der Waals surface area contributed by atoms with Crippen LogP contribution in [0.4, 0.5) is 5.13 Å². The zero-order valence-corrected chi connectivity index (χ0v) is 17.0. The van der Waals surface area contributed by atoms with E-state index in [1.165, 1.54) is 16.9 Å². The molecule has 9 heteroatoms. The fourth-order valence-corrected chi connectivity index (χ4v) is 4.12. The Morgan fingerprint density at radius 1 is 1.41 bits per heavy atom. The van der Waals surface area contributed by atoms with Gasteiger partial charge >= 0.3 is 0 Å². The first-order valence-electron chi connectivity index (χ1n) is 8.38. The van der Waals surface area contributed by atoms with Crippen LogP contribution >= 0.6 is 35.3 Å². The van der Waals surface area contributed by atoms with Gasteiger partial charge in [0.15, 0.2) is 10.8 Å². The van der Waals surface area contributed by atoms with Crippen molar-refractivity contribution in [2.24, 2.45) is 0 Å². The Labute approximate surface area is 172 Å². The third-order valence-corrected chi connectivity index (χ3v) is 5.61. The molecule has 1 aliphatic heterocycles. The average molecular weight is 424 g/mol. The van der Waals surface area contributed by atoms with E-state index in [2.05, 4.69) is 25.8 Å². The molecule has 1 aliphatic rings. The lowest BCUT2D eigenvalue weighted by atomic mass is 10.1. The van der Waals surface area contributed by atoms with Crippen molar-refractivity contribution < 1.29 is 4.79 Å². The number of halogens is 2. The largest absolute Gasteiger partial charge is 0.312 e.